The molecule has 0 unspecified atom stereocenters. The van der Waals surface area contributed by atoms with Gasteiger partial charge in [0.15, 0.2) is 5.13 Å². The molecule has 2 amide bonds. The van der Waals surface area contributed by atoms with E-state index in [2.05, 4.69) is 16.9 Å². The lowest BCUT2D eigenvalue weighted by molar-refractivity contribution is -0.125. The third-order valence-corrected chi connectivity index (χ3v) is 5.38. The van der Waals surface area contributed by atoms with E-state index in [-0.39, 0.29) is 17.5 Å². The van der Waals surface area contributed by atoms with Crippen LogP contribution in [0.25, 0.3) is 6.08 Å². The van der Waals surface area contributed by atoms with Crippen LogP contribution in [-0.4, -0.2) is 59.8 Å². The predicted molar refractivity (Wildman–Crippen MR) is 109 cm³/mol. The van der Waals surface area contributed by atoms with Crippen molar-refractivity contribution in [1.82, 2.24) is 14.8 Å². The second kappa shape index (κ2) is 9.07. The van der Waals surface area contributed by atoms with Gasteiger partial charge < -0.3 is 9.80 Å². The Labute approximate surface area is 167 Å². The normalized spacial score (nSPS) is 15.6. The highest BCUT2D eigenvalue weighted by Crippen LogP contribution is 2.30. The van der Waals surface area contributed by atoms with Crippen molar-refractivity contribution in [2.24, 2.45) is 0 Å². The van der Waals surface area contributed by atoms with Gasteiger partial charge in [0.2, 0.25) is 11.8 Å². The third-order valence-electron chi connectivity index (χ3n) is 4.54. The highest BCUT2D eigenvalue weighted by atomic mass is 32.1. The summed E-state index contributed by atoms with van der Waals surface area (Å²) in [6.07, 6.45) is 4.09. The first kappa shape index (κ1) is 20.2. The molecule has 6 nitrogen and oxygen atoms in total. The van der Waals surface area contributed by atoms with E-state index in [1.807, 2.05) is 4.90 Å². The zero-order valence-corrected chi connectivity index (χ0v) is 16.8. The number of rotatable bonds is 4. The van der Waals surface area contributed by atoms with Crippen molar-refractivity contribution in [2.75, 3.05) is 38.1 Å². The van der Waals surface area contributed by atoms with Gasteiger partial charge in [0, 0.05) is 38.0 Å². The number of halogens is 1. The summed E-state index contributed by atoms with van der Waals surface area (Å²) in [6, 6.07) is 6.07. The number of para-hydroxylation sites is 1. The van der Waals surface area contributed by atoms with E-state index < -0.39 is 5.82 Å². The average molecular weight is 402 g/mol. The summed E-state index contributed by atoms with van der Waals surface area (Å²) in [4.78, 5) is 34.2. The lowest BCUT2D eigenvalue weighted by Gasteiger charge is -2.18. The van der Waals surface area contributed by atoms with Gasteiger partial charge in [0.25, 0.3) is 0 Å². The Kier molecular flexibility index (Phi) is 6.53. The third kappa shape index (κ3) is 4.82. The van der Waals surface area contributed by atoms with Crippen molar-refractivity contribution in [1.29, 1.82) is 0 Å². The smallest absolute Gasteiger partial charge is 0.246 e. The Morgan fingerprint density at radius 2 is 2.00 bits per heavy atom. The maximum absolute atomic E-state index is 14.1. The van der Waals surface area contributed by atoms with Gasteiger partial charge in [0.05, 0.1) is 11.4 Å². The van der Waals surface area contributed by atoms with Crippen molar-refractivity contribution in [3.63, 3.8) is 0 Å². The molecule has 0 bridgehead atoms. The molecule has 0 saturated carbocycles. The zero-order valence-electron chi connectivity index (χ0n) is 16.0. The van der Waals surface area contributed by atoms with Crippen LogP contribution in [0.1, 0.15) is 19.0 Å². The lowest BCUT2D eigenvalue weighted by Crippen LogP contribution is -2.33. The Balaban J connectivity index is 1.74. The summed E-state index contributed by atoms with van der Waals surface area (Å²) in [6.45, 7) is 4.65. The van der Waals surface area contributed by atoms with Gasteiger partial charge in [-0.25, -0.2) is 9.37 Å². The van der Waals surface area contributed by atoms with Crippen LogP contribution in [-0.2, 0) is 9.59 Å². The molecule has 1 aliphatic heterocycles. The molecule has 28 heavy (non-hydrogen) atoms. The first-order valence-corrected chi connectivity index (χ1v) is 10.00. The van der Waals surface area contributed by atoms with Crippen molar-refractivity contribution < 1.29 is 14.0 Å². The second-order valence-electron chi connectivity index (χ2n) is 6.68. The SMILES string of the molecule is CC(=O)N(c1nc(/C=C/C(=O)N2CCCN(C)CC2)cs1)c1ccccc1F. The van der Waals surface area contributed by atoms with Crippen molar-refractivity contribution in [2.45, 2.75) is 13.3 Å². The Morgan fingerprint density at radius 3 is 2.75 bits per heavy atom. The van der Waals surface area contributed by atoms with Gasteiger partial charge >= 0.3 is 0 Å². The standard InChI is InChI=1S/C20H23FN4O2S/c1-15(26)25(18-7-4-3-6-17(18)21)20-22-16(14-28-20)8-9-19(27)24-11-5-10-23(2)12-13-24/h3-4,6-9,14H,5,10-13H2,1-2H3/b9-8+. The fraction of sp³-hybridized carbons (Fsp3) is 0.350. The first-order chi connectivity index (χ1) is 13.5. The molecule has 1 aliphatic rings. The number of aromatic nitrogens is 1. The summed E-state index contributed by atoms with van der Waals surface area (Å²) in [5.74, 6) is -0.881. The van der Waals surface area contributed by atoms with E-state index >= 15 is 0 Å². The Morgan fingerprint density at radius 1 is 1.21 bits per heavy atom. The van der Waals surface area contributed by atoms with E-state index in [0.717, 1.165) is 26.1 Å². The summed E-state index contributed by atoms with van der Waals surface area (Å²) < 4.78 is 14.1. The predicted octanol–water partition coefficient (Wildman–Crippen LogP) is 3.14. The number of thiazole rings is 1. The van der Waals surface area contributed by atoms with Gasteiger partial charge in [-0.1, -0.05) is 12.1 Å². The monoisotopic (exact) mass is 402 g/mol. The highest BCUT2D eigenvalue weighted by molar-refractivity contribution is 7.14. The Hall–Kier alpha value is -2.58. The molecule has 2 aromatic rings. The van der Waals surface area contributed by atoms with Crippen LogP contribution in [0.4, 0.5) is 15.2 Å². The fourth-order valence-electron chi connectivity index (χ4n) is 3.02. The number of hydrogen-bond acceptors (Lipinski definition) is 5. The molecule has 8 heteroatoms. The van der Waals surface area contributed by atoms with Crippen LogP contribution in [0.2, 0.25) is 0 Å². The van der Waals surface area contributed by atoms with Gasteiger partial charge in [-0.05, 0) is 38.2 Å². The van der Waals surface area contributed by atoms with Gasteiger partial charge in [0.1, 0.15) is 5.82 Å². The molecule has 0 spiro atoms. The molecule has 3 rings (SSSR count). The number of nitrogens with zero attached hydrogens (tertiary/aromatic N) is 4. The molecular weight excluding hydrogens is 379 g/mol. The molecule has 0 radical (unpaired) electrons. The highest BCUT2D eigenvalue weighted by Gasteiger charge is 2.21. The molecule has 0 N–H and O–H groups in total. The molecule has 0 aliphatic carbocycles. The van der Waals surface area contributed by atoms with E-state index in [9.17, 15) is 14.0 Å². The summed E-state index contributed by atoms with van der Waals surface area (Å²) in [5.41, 5.74) is 0.715. The quantitative estimate of drug-likeness (QED) is 0.738. The average Bonchev–Trinajstić information content (AvgIpc) is 3.01. The Bertz CT molecular complexity index is 883. The van der Waals surface area contributed by atoms with Crippen LogP contribution in [0.15, 0.2) is 35.7 Å². The largest absolute Gasteiger partial charge is 0.338 e. The van der Waals surface area contributed by atoms with E-state index in [1.165, 1.54) is 41.4 Å². The van der Waals surface area contributed by atoms with Gasteiger partial charge in [-0.3, -0.25) is 14.5 Å². The molecular formula is C20H23FN4O2S. The van der Waals surface area contributed by atoms with Crippen molar-refractivity contribution in [3.8, 4) is 0 Å². The number of anilines is 2. The van der Waals surface area contributed by atoms with Crippen LogP contribution >= 0.6 is 11.3 Å². The van der Waals surface area contributed by atoms with Crippen LogP contribution in [0, 0.1) is 5.82 Å². The maximum atomic E-state index is 14.1. The first-order valence-electron chi connectivity index (χ1n) is 9.12. The number of amides is 2. The fourth-order valence-corrected chi connectivity index (χ4v) is 3.87. The number of likely N-dealkylation sites (N-methyl/N-ethyl adjacent to an activating group) is 1. The maximum Gasteiger partial charge on any atom is 0.246 e. The topological polar surface area (TPSA) is 56.8 Å². The molecule has 1 saturated heterocycles. The minimum atomic E-state index is -0.494. The van der Waals surface area contributed by atoms with E-state index in [4.69, 9.17) is 0 Å². The second-order valence-corrected chi connectivity index (χ2v) is 7.51. The van der Waals surface area contributed by atoms with E-state index in [1.54, 1.807) is 23.6 Å². The van der Waals surface area contributed by atoms with Gasteiger partial charge in [-0.2, -0.15) is 0 Å². The number of carbonyl (C=O) groups is 2. The van der Waals surface area contributed by atoms with E-state index in [0.29, 0.717) is 17.4 Å². The van der Waals surface area contributed by atoms with Crippen LogP contribution in [0.3, 0.4) is 0 Å². The molecule has 1 aromatic carbocycles. The molecule has 0 atom stereocenters. The molecule has 148 valence electrons. The van der Waals surface area contributed by atoms with Crippen molar-refractivity contribution in [3.05, 3.63) is 47.2 Å². The molecule has 1 aromatic heterocycles. The number of benzene rings is 1. The van der Waals surface area contributed by atoms with Gasteiger partial charge in [-0.15, -0.1) is 11.3 Å². The number of hydrogen-bond donors (Lipinski definition) is 0. The minimum absolute atomic E-state index is 0.0534. The van der Waals surface area contributed by atoms with Crippen LogP contribution in [0.5, 0.6) is 0 Å². The molecule has 1 fully saturated rings. The summed E-state index contributed by atoms with van der Waals surface area (Å²) in [5, 5.41) is 2.10. The van der Waals surface area contributed by atoms with Crippen LogP contribution < -0.4 is 4.90 Å². The minimum Gasteiger partial charge on any atom is -0.338 e. The molecule has 2 heterocycles. The summed E-state index contributed by atoms with van der Waals surface area (Å²) in [7, 11) is 2.05. The summed E-state index contributed by atoms with van der Waals surface area (Å²) >= 11 is 1.22. The zero-order chi connectivity index (χ0) is 20.1. The lowest BCUT2D eigenvalue weighted by atomic mass is 10.3. The number of carbonyl (C=O) groups excluding carboxylic acids is 2. The van der Waals surface area contributed by atoms with Crippen molar-refractivity contribution >= 4 is 40.0 Å².